The number of rotatable bonds is 5. The molecular formula is C18H25N5O4S. The van der Waals surface area contributed by atoms with E-state index in [0.29, 0.717) is 35.9 Å². The lowest BCUT2D eigenvalue weighted by Gasteiger charge is -2.34. The van der Waals surface area contributed by atoms with Gasteiger partial charge in [-0.05, 0) is 31.9 Å². The number of sulfonamides is 1. The fourth-order valence-corrected chi connectivity index (χ4v) is 5.33. The first-order chi connectivity index (χ1) is 13.2. The average Bonchev–Trinajstić information content (AvgIpc) is 2.98. The van der Waals surface area contributed by atoms with Gasteiger partial charge in [-0.15, -0.1) is 0 Å². The lowest BCUT2D eigenvalue weighted by atomic mass is 10.2. The van der Waals surface area contributed by atoms with E-state index in [4.69, 9.17) is 0 Å². The molecule has 0 amide bonds. The van der Waals surface area contributed by atoms with Gasteiger partial charge in [-0.3, -0.25) is 10.1 Å². The average molecular weight is 407 g/mol. The number of aryl methyl sites for hydroxylation is 4. The molecular weight excluding hydrogens is 382 g/mol. The molecule has 1 fully saturated rings. The molecule has 1 aromatic carbocycles. The van der Waals surface area contributed by atoms with Crippen molar-refractivity contribution in [1.29, 1.82) is 0 Å². The molecule has 0 atom stereocenters. The number of hydrogen-bond donors (Lipinski definition) is 0. The van der Waals surface area contributed by atoms with Gasteiger partial charge in [-0.25, -0.2) is 13.1 Å². The maximum atomic E-state index is 13.0. The Morgan fingerprint density at radius 2 is 1.82 bits per heavy atom. The summed E-state index contributed by atoms with van der Waals surface area (Å²) in [5.74, 6) is 0.436. The van der Waals surface area contributed by atoms with E-state index in [-0.39, 0.29) is 18.8 Å². The minimum absolute atomic E-state index is 0.00989. The molecule has 0 radical (unpaired) electrons. The zero-order valence-corrected chi connectivity index (χ0v) is 17.4. The Labute approximate surface area is 164 Å². The van der Waals surface area contributed by atoms with Crippen LogP contribution in [0.25, 0.3) is 0 Å². The van der Waals surface area contributed by atoms with Gasteiger partial charge >= 0.3 is 5.69 Å². The number of nitrogens with zero attached hydrogens (tertiary/aromatic N) is 5. The van der Waals surface area contributed by atoms with Crippen LogP contribution in [-0.2, 0) is 23.5 Å². The van der Waals surface area contributed by atoms with Gasteiger partial charge in [0, 0.05) is 33.2 Å². The second kappa shape index (κ2) is 7.51. The highest BCUT2D eigenvalue weighted by Crippen LogP contribution is 2.33. The first-order valence-corrected chi connectivity index (χ1v) is 10.6. The molecule has 28 heavy (non-hydrogen) atoms. The Morgan fingerprint density at radius 1 is 1.18 bits per heavy atom. The van der Waals surface area contributed by atoms with Crippen LogP contribution in [0.15, 0.2) is 23.1 Å². The number of nitro groups is 1. The van der Waals surface area contributed by atoms with Crippen molar-refractivity contribution in [3.63, 3.8) is 0 Å². The third kappa shape index (κ3) is 3.49. The molecule has 1 aliphatic heterocycles. The smallest absolute Gasteiger partial charge is 0.334 e. The molecule has 0 N–H and O–H groups in total. The van der Waals surface area contributed by atoms with Crippen molar-refractivity contribution in [3.05, 3.63) is 45.1 Å². The molecule has 1 aliphatic rings. The Kier molecular flexibility index (Phi) is 5.44. The number of hydrogen-bond acceptors (Lipinski definition) is 6. The molecule has 0 bridgehead atoms. The minimum Gasteiger partial charge on any atom is -0.348 e. The predicted molar refractivity (Wildman–Crippen MR) is 106 cm³/mol. The molecule has 2 aromatic rings. The van der Waals surface area contributed by atoms with Crippen LogP contribution in [0.5, 0.6) is 0 Å². The van der Waals surface area contributed by atoms with Crippen molar-refractivity contribution < 1.29 is 13.3 Å². The normalized spacial score (nSPS) is 15.8. The van der Waals surface area contributed by atoms with Gasteiger partial charge in [0.2, 0.25) is 15.8 Å². The number of aromatic nitrogens is 2. The summed E-state index contributed by atoms with van der Waals surface area (Å²) in [6, 6.07) is 5.29. The predicted octanol–water partition coefficient (Wildman–Crippen LogP) is 2.02. The maximum absolute atomic E-state index is 13.0. The van der Waals surface area contributed by atoms with Crippen molar-refractivity contribution in [2.75, 3.05) is 31.1 Å². The van der Waals surface area contributed by atoms with Crippen molar-refractivity contribution >= 4 is 21.5 Å². The van der Waals surface area contributed by atoms with E-state index in [0.717, 1.165) is 11.1 Å². The molecule has 2 heterocycles. The number of anilines is 1. The zero-order chi connectivity index (χ0) is 20.6. The summed E-state index contributed by atoms with van der Waals surface area (Å²) in [5.41, 5.74) is 2.18. The topological polar surface area (TPSA) is 102 Å². The van der Waals surface area contributed by atoms with Gasteiger partial charge in [0.15, 0.2) is 0 Å². The molecule has 1 saturated heterocycles. The highest BCUT2D eigenvalue weighted by atomic mass is 32.2. The van der Waals surface area contributed by atoms with Crippen molar-refractivity contribution in [2.24, 2.45) is 7.05 Å². The fraction of sp³-hybridized carbons (Fsp3) is 0.500. The SMILES string of the molecule is CCc1nn(C)c(N2CCN(S(=O)(=O)c3ccc(C)cc3C)CC2)c1[N+](=O)[O-]. The minimum atomic E-state index is -3.60. The molecule has 9 nitrogen and oxygen atoms in total. The van der Waals surface area contributed by atoms with Crippen LogP contribution < -0.4 is 4.90 Å². The van der Waals surface area contributed by atoms with E-state index < -0.39 is 14.9 Å². The molecule has 10 heteroatoms. The largest absolute Gasteiger partial charge is 0.348 e. The summed E-state index contributed by atoms with van der Waals surface area (Å²) in [6.07, 6.45) is 0.463. The van der Waals surface area contributed by atoms with Crippen molar-refractivity contribution in [2.45, 2.75) is 32.1 Å². The van der Waals surface area contributed by atoms with Crippen LogP contribution in [0.2, 0.25) is 0 Å². The van der Waals surface area contributed by atoms with Crippen molar-refractivity contribution in [1.82, 2.24) is 14.1 Å². The van der Waals surface area contributed by atoms with E-state index in [1.165, 1.54) is 8.99 Å². The Bertz CT molecular complexity index is 1010. The Hall–Kier alpha value is -2.46. The van der Waals surface area contributed by atoms with Crippen LogP contribution in [0.3, 0.4) is 0 Å². The third-order valence-corrected chi connectivity index (χ3v) is 7.13. The van der Waals surface area contributed by atoms with Crippen molar-refractivity contribution in [3.8, 4) is 0 Å². The van der Waals surface area contributed by atoms with Crippen LogP contribution in [0, 0.1) is 24.0 Å². The zero-order valence-electron chi connectivity index (χ0n) is 16.5. The van der Waals surface area contributed by atoms with Gasteiger partial charge < -0.3 is 4.90 Å². The van der Waals surface area contributed by atoms with Crippen LogP contribution in [0.1, 0.15) is 23.7 Å². The molecule has 0 aliphatic carbocycles. The van der Waals surface area contributed by atoms with Gasteiger partial charge in [0.05, 0.1) is 9.82 Å². The monoisotopic (exact) mass is 407 g/mol. The Morgan fingerprint density at radius 3 is 2.36 bits per heavy atom. The second-order valence-corrected chi connectivity index (χ2v) is 8.92. The van der Waals surface area contributed by atoms with Gasteiger partial charge in [-0.2, -0.15) is 9.40 Å². The van der Waals surface area contributed by atoms with Crippen LogP contribution in [-0.4, -0.2) is 53.6 Å². The van der Waals surface area contributed by atoms with E-state index in [9.17, 15) is 18.5 Å². The second-order valence-electron chi connectivity index (χ2n) is 7.01. The summed E-state index contributed by atoms with van der Waals surface area (Å²) in [6.45, 7) is 6.81. The molecule has 0 saturated carbocycles. The number of benzene rings is 1. The molecule has 152 valence electrons. The summed E-state index contributed by atoms with van der Waals surface area (Å²) in [7, 11) is -1.92. The highest BCUT2D eigenvalue weighted by Gasteiger charge is 2.34. The molecule has 3 rings (SSSR count). The van der Waals surface area contributed by atoms with Gasteiger partial charge in [-0.1, -0.05) is 24.6 Å². The van der Waals surface area contributed by atoms with Crippen LogP contribution >= 0.6 is 0 Å². The van der Waals surface area contributed by atoms with Gasteiger partial charge in [0.1, 0.15) is 5.69 Å². The molecule has 0 spiro atoms. The first kappa shape index (κ1) is 20.3. The molecule has 0 unspecified atom stereocenters. The lowest BCUT2D eigenvalue weighted by Crippen LogP contribution is -2.49. The lowest BCUT2D eigenvalue weighted by molar-refractivity contribution is -0.384. The summed E-state index contributed by atoms with van der Waals surface area (Å²) >= 11 is 0. The Balaban J connectivity index is 1.84. The summed E-state index contributed by atoms with van der Waals surface area (Å²) < 4.78 is 29.0. The summed E-state index contributed by atoms with van der Waals surface area (Å²) in [4.78, 5) is 13.3. The van der Waals surface area contributed by atoms with E-state index in [2.05, 4.69) is 5.10 Å². The van der Waals surface area contributed by atoms with E-state index >= 15 is 0 Å². The van der Waals surface area contributed by atoms with E-state index in [1.807, 2.05) is 24.8 Å². The fourth-order valence-electron chi connectivity index (χ4n) is 3.71. The summed E-state index contributed by atoms with van der Waals surface area (Å²) in [5, 5.41) is 15.8. The molecule has 1 aromatic heterocycles. The van der Waals surface area contributed by atoms with E-state index in [1.54, 1.807) is 26.1 Å². The highest BCUT2D eigenvalue weighted by molar-refractivity contribution is 7.89. The first-order valence-electron chi connectivity index (χ1n) is 9.19. The number of piperazine rings is 1. The quantitative estimate of drug-likeness (QED) is 0.555. The third-order valence-electron chi connectivity index (χ3n) is 5.07. The van der Waals surface area contributed by atoms with Gasteiger partial charge in [0.25, 0.3) is 0 Å². The maximum Gasteiger partial charge on any atom is 0.334 e. The van der Waals surface area contributed by atoms with Crippen LogP contribution in [0.4, 0.5) is 11.5 Å². The standard InChI is InChI=1S/C18H25N5O4S/c1-5-15-17(23(24)25)18(20(4)19-15)21-8-10-22(11-9-21)28(26,27)16-7-6-13(2)12-14(16)3/h6-7,12H,5,8-11H2,1-4H3.